The lowest BCUT2D eigenvalue weighted by molar-refractivity contribution is 0.792. The number of nitrogens with zero attached hydrogens (tertiary/aromatic N) is 4. The van der Waals surface area contributed by atoms with Gasteiger partial charge in [0, 0.05) is 23.5 Å². The molecule has 2 rings (SSSR count). The van der Waals surface area contributed by atoms with E-state index in [1.165, 1.54) is 0 Å². The van der Waals surface area contributed by atoms with Gasteiger partial charge in [-0.2, -0.15) is 5.26 Å². The highest BCUT2D eigenvalue weighted by molar-refractivity contribution is 7.09. The van der Waals surface area contributed by atoms with Crippen LogP contribution in [0.5, 0.6) is 0 Å². The van der Waals surface area contributed by atoms with Crippen LogP contribution in [0.1, 0.15) is 10.7 Å². The zero-order valence-corrected chi connectivity index (χ0v) is 7.53. The Morgan fingerprint density at radius 1 is 1.62 bits per heavy atom. The molecular formula is C8H6N4S. The lowest BCUT2D eigenvalue weighted by Gasteiger charge is -1.98. The fourth-order valence-electron chi connectivity index (χ4n) is 1.04. The topological polar surface area (TPSA) is 54.5 Å². The monoisotopic (exact) mass is 190 g/mol. The molecule has 0 saturated carbocycles. The molecule has 0 radical (unpaired) electrons. The molecule has 0 fully saturated rings. The van der Waals surface area contributed by atoms with Crippen LogP contribution in [0.2, 0.25) is 0 Å². The first-order chi connectivity index (χ1) is 6.40. The smallest absolute Gasteiger partial charge is 0.213 e. The number of hydrogen-bond donors (Lipinski definition) is 0. The van der Waals surface area contributed by atoms with E-state index in [1.54, 1.807) is 40.0 Å². The van der Waals surface area contributed by atoms with Crippen LogP contribution in [0, 0.1) is 11.3 Å². The molecule has 0 aliphatic carbocycles. The molecule has 0 bridgehead atoms. The van der Waals surface area contributed by atoms with Gasteiger partial charge in [-0.25, -0.2) is 4.98 Å². The summed E-state index contributed by atoms with van der Waals surface area (Å²) in [5.41, 5.74) is 1.78. The normalized spacial score (nSPS) is 9.77. The van der Waals surface area contributed by atoms with Crippen molar-refractivity contribution in [2.24, 2.45) is 0 Å². The number of aromatic nitrogens is 3. The van der Waals surface area contributed by atoms with E-state index in [4.69, 9.17) is 5.26 Å². The van der Waals surface area contributed by atoms with Gasteiger partial charge < -0.3 is 4.57 Å². The SMILES string of the molecule is N#Cc1nccn1Cc1cncs1. The third kappa shape index (κ3) is 1.58. The van der Waals surface area contributed by atoms with E-state index in [-0.39, 0.29) is 0 Å². The summed E-state index contributed by atoms with van der Waals surface area (Å²) >= 11 is 1.57. The average molecular weight is 190 g/mol. The second kappa shape index (κ2) is 3.37. The van der Waals surface area contributed by atoms with Gasteiger partial charge in [0.1, 0.15) is 6.07 Å². The Morgan fingerprint density at radius 3 is 3.23 bits per heavy atom. The van der Waals surface area contributed by atoms with Crippen molar-refractivity contribution >= 4 is 11.3 Å². The number of nitriles is 1. The number of imidazole rings is 1. The second-order valence-corrected chi connectivity index (χ2v) is 3.43. The number of hydrogen-bond acceptors (Lipinski definition) is 4. The van der Waals surface area contributed by atoms with Crippen LogP contribution >= 0.6 is 11.3 Å². The molecule has 0 atom stereocenters. The number of rotatable bonds is 2. The highest BCUT2D eigenvalue weighted by atomic mass is 32.1. The quantitative estimate of drug-likeness (QED) is 0.716. The minimum Gasteiger partial charge on any atom is -0.317 e. The standard InChI is InChI=1S/C8H6N4S/c9-3-8-11-1-2-12(8)5-7-4-10-6-13-7/h1-2,4,6H,5H2. The highest BCUT2D eigenvalue weighted by Crippen LogP contribution is 2.08. The Hall–Kier alpha value is -1.67. The molecule has 2 heterocycles. The van der Waals surface area contributed by atoms with Crippen LogP contribution in [-0.4, -0.2) is 14.5 Å². The fraction of sp³-hybridized carbons (Fsp3) is 0.125. The van der Waals surface area contributed by atoms with E-state index in [2.05, 4.69) is 9.97 Å². The maximum Gasteiger partial charge on any atom is 0.213 e. The molecule has 0 amide bonds. The van der Waals surface area contributed by atoms with Crippen molar-refractivity contribution in [3.8, 4) is 6.07 Å². The van der Waals surface area contributed by atoms with Crippen LogP contribution in [0.3, 0.4) is 0 Å². The van der Waals surface area contributed by atoms with Gasteiger partial charge in [0.25, 0.3) is 0 Å². The maximum absolute atomic E-state index is 8.69. The molecule has 0 aliphatic heterocycles. The maximum atomic E-state index is 8.69. The van der Waals surface area contributed by atoms with E-state index < -0.39 is 0 Å². The van der Waals surface area contributed by atoms with Gasteiger partial charge in [0.15, 0.2) is 0 Å². The molecule has 4 nitrogen and oxygen atoms in total. The summed E-state index contributed by atoms with van der Waals surface area (Å²) in [4.78, 5) is 8.98. The van der Waals surface area contributed by atoms with E-state index in [9.17, 15) is 0 Å². The molecular weight excluding hydrogens is 184 g/mol. The second-order valence-electron chi connectivity index (χ2n) is 2.46. The summed E-state index contributed by atoms with van der Waals surface area (Å²) < 4.78 is 1.80. The Labute approximate surface area is 79.1 Å². The molecule has 0 saturated heterocycles. The van der Waals surface area contributed by atoms with E-state index >= 15 is 0 Å². The third-order valence-corrected chi connectivity index (χ3v) is 2.39. The minimum atomic E-state index is 0.438. The van der Waals surface area contributed by atoms with Crippen molar-refractivity contribution in [3.63, 3.8) is 0 Å². The Bertz CT molecular complexity index is 423. The van der Waals surface area contributed by atoms with Gasteiger partial charge in [0.05, 0.1) is 12.1 Å². The van der Waals surface area contributed by atoms with Gasteiger partial charge in [-0.05, 0) is 0 Å². The first-order valence-electron chi connectivity index (χ1n) is 3.69. The van der Waals surface area contributed by atoms with Gasteiger partial charge in [-0.1, -0.05) is 0 Å². The zero-order valence-electron chi connectivity index (χ0n) is 6.71. The predicted molar refractivity (Wildman–Crippen MR) is 48.2 cm³/mol. The molecule has 0 unspecified atom stereocenters. The third-order valence-electron chi connectivity index (χ3n) is 1.63. The lowest BCUT2D eigenvalue weighted by Crippen LogP contribution is -1.99. The van der Waals surface area contributed by atoms with Gasteiger partial charge in [-0.3, -0.25) is 4.98 Å². The van der Waals surface area contributed by atoms with Crippen molar-refractivity contribution in [3.05, 3.63) is 34.8 Å². The predicted octanol–water partition coefficient (Wildman–Crippen LogP) is 1.26. The van der Waals surface area contributed by atoms with Gasteiger partial charge in [0.2, 0.25) is 5.82 Å². The largest absolute Gasteiger partial charge is 0.317 e. The molecule has 2 aromatic heterocycles. The summed E-state index contributed by atoms with van der Waals surface area (Å²) in [5.74, 6) is 0.438. The Balaban J connectivity index is 2.24. The molecule has 0 aromatic carbocycles. The van der Waals surface area contributed by atoms with Crippen molar-refractivity contribution in [2.45, 2.75) is 6.54 Å². The molecule has 64 valence electrons. The van der Waals surface area contributed by atoms with Gasteiger partial charge >= 0.3 is 0 Å². The molecule has 0 spiro atoms. The summed E-state index contributed by atoms with van der Waals surface area (Å²) in [7, 11) is 0. The zero-order chi connectivity index (χ0) is 9.10. The summed E-state index contributed by atoms with van der Waals surface area (Å²) in [6.45, 7) is 0.674. The van der Waals surface area contributed by atoms with Crippen molar-refractivity contribution < 1.29 is 0 Å². The molecule has 5 heteroatoms. The average Bonchev–Trinajstić information content (AvgIpc) is 2.76. The Morgan fingerprint density at radius 2 is 2.54 bits per heavy atom. The number of thiazole rings is 1. The van der Waals surface area contributed by atoms with Crippen LogP contribution in [0.25, 0.3) is 0 Å². The minimum absolute atomic E-state index is 0.438. The van der Waals surface area contributed by atoms with E-state index in [0.29, 0.717) is 12.4 Å². The molecule has 13 heavy (non-hydrogen) atoms. The van der Waals surface area contributed by atoms with E-state index in [1.807, 2.05) is 6.07 Å². The highest BCUT2D eigenvalue weighted by Gasteiger charge is 2.02. The van der Waals surface area contributed by atoms with Crippen LogP contribution in [0.4, 0.5) is 0 Å². The molecule has 0 aliphatic rings. The first-order valence-corrected chi connectivity index (χ1v) is 4.56. The van der Waals surface area contributed by atoms with E-state index in [0.717, 1.165) is 4.88 Å². The fourth-order valence-corrected chi connectivity index (χ4v) is 1.63. The summed E-state index contributed by atoms with van der Waals surface area (Å²) in [5, 5.41) is 8.69. The molecule has 0 N–H and O–H groups in total. The van der Waals surface area contributed by atoms with Crippen molar-refractivity contribution in [1.82, 2.24) is 14.5 Å². The van der Waals surface area contributed by atoms with Crippen LogP contribution in [-0.2, 0) is 6.54 Å². The summed E-state index contributed by atoms with van der Waals surface area (Å²) in [6, 6.07) is 2.02. The molecule has 2 aromatic rings. The van der Waals surface area contributed by atoms with Crippen LogP contribution < -0.4 is 0 Å². The van der Waals surface area contributed by atoms with Crippen molar-refractivity contribution in [1.29, 1.82) is 5.26 Å². The Kier molecular flexibility index (Phi) is 2.06. The van der Waals surface area contributed by atoms with Crippen LogP contribution in [0.15, 0.2) is 24.1 Å². The first kappa shape index (κ1) is 7.95. The van der Waals surface area contributed by atoms with Gasteiger partial charge in [-0.15, -0.1) is 11.3 Å². The summed E-state index contributed by atoms with van der Waals surface area (Å²) in [6.07, 6.45) is 5.21. The van der Waals surface area contributed by atoms with Crippen molar-refractivity contribution in [2.75, 3.05) is 0 Å². The lowest BCUT2D eigenvalue weighted by atomic mass is 10.5.